The van der Waals surface area contributed by atoms with E-state index in [1.165, 1.54) is 0 Å². The molecule has 2 bridgehead atoms. The van der Waals surface area contributed by atoms with Crippen molar-refractivity contribution < 1.29 is 14.2 Å². The second kappa shape index (κ2) is 8.19. The molecular formula is C23H24FN5O2. The monoisotopic (exact) mass is 421 g/mol. The molecule has 2 fully saturated rings. The van der Waals surface area contributed by atoms with Gasteiger partial charge in [0.25, 0.3) is 0 Å². The molecule has 2 aliphatic rings. The maximum atomic E-state index is 14.7. The number of hydrogen-bond donors (Lipinski definition) is 2. The van der Waals surface area contributed by atoms with Gasteiger partial charge in [-0.25, -0.2) is 4.39 Å². The van der Waals surface area contributed by atoms with E-state index < -0.39 is 12.3 Å². The van der Waals surface area contributed by atoms with Crippen LogP contribution in [-0.4, -0.2) is 49.9 Å². The highest BCUT2D eigenvalue weighted by molar-refractivity contribution is 5.72. The van der Waals surface area contributed by atoms with Gasteiger partial charge in [-0.3, -0.25) is 0 Å². The van der Waals surface area contributed by atoms with Gasteiger partial charge in [0.2, 0.25) is 5.88 Å². The predicted molar refractivity (Wildman–Crippen MR) is 113 cm³/mol. The number of alkyl halides is 1. The minimum absolute atomic E-state index is 0.0674. The lowest BCUT2D eigenvalue weighted by molar-refractivity contribution is 0.00652. The zero-order valence-electron chi connectivity index (χ0n) is 17.2. The molecule has 0 aliphatic carbocycles. The zero-order chi connectivity index (χ0) is 21.4. The number of nitrogens with one attached hydrogen (secondary N) is 1. The summed E-state index contributed by atoms with van der Waals surface area (Å²) < 4.78 is 20.6. The molecule has 5 rings (SSSR count). The molecule has 0 spiro atoms. The predicted octanol–water partition coefficient (Wildman–Crippen LogP) is 3.61. The maximum Gasteiger partial charge on any atom is 0.233 e. The molecule has 2 unspecified atom stereocenters. The molecule has 0 radical (unpaired) electrons. The summed E-state index contributed by atoms with van der Waals surface area (Å²) in [4.78, 5) is 0. The Balaban J connectivity index is 1.31. The number of ether oxygens (including phenoxy) is 1. The van der Waals surface area contributed by atoms with Crippen molar-refractivity contribution in [2.45, 2.75) is 57.0 Å². The number of halogens is 1. The summed E-state index contributed by atoms with van der Waals surface area (Å²) in [6.07, 6.45) is 2.01. The lowest BCUT2D eigenvalue weighted by Crippen LogP contribution is -2.59. The molecule has 2 aliphatic heterocycles. The number of aromatic nitrogens is 4. The van der Waals surface area contributed by atoms with E-state index in [4.69, 9.17) is 4.74 Å². The second-order valence-electron chi connectivity index (χ2n) is 8.29. The molecule has 8 heteroatoms. The van der Waals surface area contributed by atoms with Gasteiger partial charge in [-0.1, -0.05) is 12.5 Å². The largest absolute Gasteiger partial charge is 0.507 e. The smallest absolute Gasteiger partial charge is 0.233 e. The van der Waals surface area contributed by atoms with Crippen LogP contribution >= 0.6 is 0 Å². The average Bonchev–Trinajstić information content (AvgIpc) is 2.79. The van der Waals surface area contributed by atoms with Gasteiger partial charge in [0.05, 0.1) is 17.1 Å². The van der Waals surface area contributed by atoms with Crippen molar-refractivity contribution in [3.05, 3.63) is 48.2 Å². The number of aromatic hydroxyl groups is 1. The van der Waals surface area contributed by atoms with E-state index in [2.05, 4.69) is 25.7 Å². The van der Waals surface area contributed by atoms with Crippen LogP contribution in [0.25, 0.3) is 22.5 Å². The normalized spacial score (nSPS) is 25.2. The summed E-state index contributed by atoms with van der Waals surface area (Å²) in [6, 6.07) is 12.5. The lowest BCUT2D eigenvalue weighted by atomic mass is 9.84. The Morgan fingerprint density at radius 1 is 1.00 bits per heavy atom. The molecule has 3 aromatic rings. The van der Waals surface area contributed by atoms with Crippen LogP contribution in [0.5, 0.6) is 11.6 Å². The van der Waals surface area contributed by atoms with Crippen molar-refractivity contribution in [3.63, 3.8) is 0 Å². The van der Waals surface area contributed by atoms with E-state index in [0.717, 1.165) is 30.5 Å². The number of benzene rings is 1. The van der Waals surface area contributed by atoms with Crippen LogP contribution in [0.2, 0.25) is 0 Å². The van der Waals surface area contributed by atoms with Crippen LogP contribution < -0.4 is 10.1 Å². The second-order valence-corrected chi connectivity index (χ2v) is 8.29. The summed E-state index contributed by atoms with van der Waals surface area (Å²) in [5, 5.41) is 30.4. The molecular weight excluding hydrogens is 397 g/mol. The third-order valence-electron chi connectivity index (χ3n) is 6.05. The molecule has 1 aromatic carbocycles. The van der Waals surface area contributed by atoms with Crippen LogP contribution in [0.4, 0.5) is 4.39 Å². The van der Waals surface area contributed by atoms with Gasteiger partial charge in [-0.05, 0) is 50.1 Å². The van der Waals surface area contributed by atoms with Crippen molar-refractivity contribution in [2.24, 2.45) is 0 Å². The standard InChI is InChI=1S/C23H24FN5O2/c1-13-5-8-17(27-26-13)14-6-7-16(20(30)11-14)18-9-10-22(29-28-18)31-21-12-15-3-2-4-19(25-15)23(21)24/h5-11,15,19,21,23,25,30H,2-4,12H2,1H3/t15?,19?,21-,23+/m1/s1. The van der Waals surface area contributed by atoms with E-state index in [9.17, 15) is 9.50 Å². The average molecular weight is 421 g/mol. The third kappa shape index (κ3) is 4.07. The highest BCUT2D eigenvalue weighted by Gasteiger charge is 2.41. The lowest BCUT2D eigenvalue weighted by Gasteiger charge is -2.42. The number of phenols is 1. The van der Waals surface area contributed by atoms with Gasteiger partial charge in [-0.2, -0.15) is 10.2 Å². The van der Waals surface area contributed by atoms with E-state index in [1.54, 1.807) is 24.3 Å². The van der Waals surface area contributed by atoms with Crippen LogP contribution in [-0.2, 0) is 0 Å². The number of phenolic OH excluding ortho intramolecular Hbond substituents is 1. The van der Waals surface area contributed by atoms with Gasteiger partial charge in [-0.15, -0.1) is 10.2 Å². The minimum atomic E-state index is -1.06. The van der Waals surface area contributed by atoms with Crippen molar-refractivity contribution >= 4 is 0 Å². The summed E-state index contributed by atoms with van der Waals surface area (Å²) in [5.41, 5.74) is 3.31. The van der Waals surface area contributed by atoms with Gasteiger partial charge < -0.3 is 15.2 Å². The van der Waals surface area contributed by atoms with Crippen LogP contribution in [0.15, 0.2) is 42.5 Å². The van der Waals surface area contributed by atoms with E-state index >= 15 is 0 Å². The number of rotatable bonds is 4. The quantitative estimate of drug-likeness (QED) is 0.665. The highest BCUT2D eigenvalue weighted by Crippen LogP contribution is 2.33. The van der Waals surface area contributed by atoms with Crippen molar-refractivity contribution in [1.29, 1.82) is 0 Å². The maximum absolute atomic E-state index is 14.7. The molecule has 4 heterocycles. The first-order valence-corrected chi connectivity index (χ1v) is 10.6. The van der Waals surface area contributed by atoms with Gasteiger partial charge in [0, 0.05) is 35.7 Å². The third-order valence-corrected chi connectivity index (χ3v) is 6.05. The highest BCUT2D eigenvalue weighted by atomic mass is 19.1. The summed E-state index contributed by atoms with van der Waals surface area (Å²) in [6.45, 7) is 1.87. The van der Waals surface area contributed by atoms with Crippen molar-refractivity contribution in [3.8, 4) is 34.1 Å². The molecule has 31 heavy (non-hydrogen) atoms. The van der Waals surface area contributed by atoms with Gasteiger partial charge in [0.15, 0.2) is 6.17 Å². The Bertz CT molecular complexity index is 1060. The van der Waals surface area contributed by atoms with Crippen LogP contribution in [0.1, 0.15) is 31.4 Å². The number of nitrogens with zero attached hydrogens (tertiary/aromatic N) is 4. The number of aryl methyl sites for hydroxylation is 1. The summed E-state index contributed by atoms with van der Waals surface area (Å²) >= 11 is 0. The van der Waals surface area contributed by atoms with Crippen LogP contribution in [0, 0.1) is 6.92 Å². The molecule has 160 valence electrons. The Hall–Kier alpha value is -3.13. The van der Waals surface area contributed by atoms with Gasteiger partial charge >= 0.3 is 0 Å². The van der Waals surface area contributed by atoms with E-state index in [-0.39, 0.29) is 11.8 Å². The van der Waals surface area contributed by atoms with Crippen molar-refractivity contribution in [1.82, 2.24) is 25.7 Å². The van der Waals surface area contributed by atoms with E-state index in [0.29, 0.717) is 35.3 Å². The number of fused-ring (bicyclic) bond motifs is 2. The first kappa shape index (κ1) is 19.8. The van der Waals surface area contributed by atoms with Crippen LogP contribution in [0.3, 0.4) is 0 Å². The molecule has 2 aromatic heterocycles. The molecule has 2 N–H and O–H groups in total. The first-order chi connectivity index (χ1) is 15.1. The van der Waals surface area contributed by atoms with Crippen molar-refractivity contribution in [2.75, 3.05) is 0 Å². The molecule has 2 saturated heterocycles. The molecule has 0 saturated carbocycles. The fourth-order valence-corrected chi connectivity index (χ4v) is 4.42. The first-order valence-electron chi connectivity index (χ1n) is 10.6. The van der Waals surface area contributed by atoms with Gasteiger partial charge in [0.1, 0.15) is 11.9 Å². The fourth-order valence-electron chi connectivity index (χ4n) is 4.42. The molecule has 4 atom stereocenters. The fraction of sp³-hybridized carbons (Fsp3) is 0.391. The van der Waals surface area contributed by atoms with E-state index in [1.807, 2.05) is 25.1 Å². The molecule has 0 amide bonds. The number of piperidine rings is 2. The zero-order valence-corrected chi connectivity index (χ0v) is 17.2. The summed E-state index contributed by atoms with van der Waals surface area (Å²) in [7, 11) is 0. The summed E-state index contributed by atoms with van der Waals surface area (Å²) in [5.74, 6) is 0.361. The molecule has 7 nitrogen and oxygen atoms in total. The Morgan fingerprint density at radius 2 is 1.84 bits per heavy atom. The SMILES string of the molecule is Cc1ccc(-c2ccc(-c3ccc(O[C@@H]4CC5CCCC(N5)[C@@H]4F)nn3)c(O)c2)nn1. The Labute approximate surface area is 179 Å². The Morgan fingerprint density at radius 3 is 2.58 bits per heavy atom. The number of hydrogen-bond acceptors (Lipinski definition) is 7. The minimum Gasteiger partial charge on any atom is -0.507 e. The Kier molecular flexibility index (Phi) is 5.23. The topological polar surface area (TPSA) is 93.0 Å².